The second-order valence-electron chi connectivity index (χ2n) is 11.3. The molecule has 0 spiro atoms. The smallest absolute Gasteiger partial charge is 0.379 e. The lowest BCUT2D eigenvalue weighted by Crippen LogP contribution is -2.66. The fraction of sp³-hybridized carbons (Fsp3) is 0.583. The molecular weight excluding hydrogens is 576 g/mol. The van der Waals surface area contributed by atoms with Gasteiger partial charge in [0.05, 0.1) is 54.4 Å². The van der Waals surface area contributed by atoms with Crippen LogP contribution >= 0.6 is 0 Å². The van der Waals surface area contributed by atoms with Crippen LogP contribution in [0.5, 0.6) is 0 Å². The number of aromatic nitrogens is 3. The van der Waals surface area contributed by atoms with Gasteiger partial charge in [-0.05, 0) is 26.8 Å². The van der Waals surface area contributed by atoms with Crippen molar-refractivity contribution in [2.45, 2.75) is 56.3 Å². The third-order valence-corrected chi connectivity index (χ3v) is 7.56. The van der Waals surface area contributed by atoms with E-state index in [2.05, 4.69) is 20.7 Å². The zero-order valence-corrected chi connectivity index (χ0v) is 24.8. The van der Waals surface area contributed by atoms with Crippen LogP contribution in [-0.2, 0) is 21.9 Å². The van der Waals surface area contributed by atoms with Crippen LogP contribution in [0, 0.1) is 0 Å². The number of amides is 1. The highest BCUT2D eigenvalue weighted by atomic mass is 28.1. The van der Waals surface area contributed by atoms with Gasteiger partial charge in [0.25, 0.3) is 5.56 Å². The number of nitrogens with zero attached hydrogens (tertiary/aromatic N) is 4. The van der Waals surface area contributed by atoms with Gasteiger partial charge < -0.3 is 25.2 Å². The Kier molecular flexibility index (Phi) is 8.07. The summed E-state index contributed by atoms with van der Waals surface area (Å²) in [6.45, 7) is 6.39. The number of halogens is 6. The van der Waals surface area contributed by atoms with Gasteiger partial charge in [-0.25, -0.2) is 10.1 Å². The van der Waals surface area contributed by atoms with Crippen molar-refractivity contribution in [3.8, 4) is 0 Å². The first-order chi connectivity index (χ1) is 18.9. The average Bonchev–Trinajstić information content (AvgIpc) is 2.84. The lowest BCUT2D eigenvalue weighted by Gasteiger charge is -2.53. The van der Waals surface area contributed by atoms with Crippen molar-refractivity contribution in [3.05, 3.63) is 39.9 Å². The first kappa shape index (κ1) is 30.6. The van der Waals surface area contributed by atoms with Gasteiger partial charge in [0, 0.05) is 41.2 Å². The number of ether oxygens (including phenoxy) is 1. The van der Waals surface area contributed by atoms with Crippen LogP contribution in [0.4, 0.5) is 43.5 Å². The Balaban J connectivity index is 1.33. The fourth-order valence-corrected chi connectivity index (χ4v) is 5.54. The summed E-state index contributed by atoms with van der Waals surface area (Å²) in [5, 5.41) is 10.2. The van der Waals surface area contributed by atoms with Gasteiger partial charge in [-0.2, -0.15) is 31.4 Å². The van der Waals surface area contributed by atoms with Gasteiger partial charge in [0.15, 0.2) is 5.82 Å². The normalized spacial score (nSPS) is 20.1. The van der Waals surface area contributed by atoms with Crippen molar-refractivity contribution in [1.29, 1.82) is 0 Å². The van der Waals surface area contributed by atoms with E-state index in [9.17, 15) is 35.9 Å². The molecule has 4 rings (SSSR count). The molecule has 10 nitrogen and oxygen atoms in total. The van der Waals surface area contributed by atoms with Crippen LogP contribution in [0.3, 0.4) is 0 Å². The highest BCUT2D eigenvalue weighted by Crippen LogP contribution is 2.41. The van der Waals surface area contributed by atoms with Crippen molar-refractivity contribution in [1.82, 2.24) is 20.1 Å². The molecule has 1 amide bonds. The summed E-state index contributed by atoms with van der Waals surface area (Å²) in [5.74, 6) is 0.216. The number of carbonyl (C=O) groups excluding carboxylic acids is 1. The fourth-order valence-electron chi connectivity index (χ4n) is 5.06. The predicted molar refractivity (Wildman–Crippen MR) is 142 cm³/mol. The predicted octanol–water partition coefficient (Wildman–Crippen LogP) is 2.02. The number of carbonyl (C=O) groups is 1. The number of pyridine rings is 1. The molecule has 2 aromatic heterocycles. The molecule has 226 valence electrons. The average molecular weight is 608 g/mol. The highest BCUT2D eigenvalue weighted by molar-refractivity contribution is 6.16. The van der Waals surface area contributed by atoms with E-state index < -0.39 is 45.4 Å². The Morgan fingerprint density at radius 2 is 1.90 bits per heavy atom. The topological polar surface area (TPSA) is 115 Å². The number of nitrogens with one attached hydrogen (secondary N) is 3. The zero-order chi connectivity index (χ0) is 30.4. The van der Waals surface area contributed by atoms with E-state index >= 15 is 0 Å². The first-order valence-corrected chi connectivity index (χ1v) is 13.8. The summed E-state index contributed by atoms with van der Waals surface area (Å²) in [4.78, 5) is 32.3. The minimum atomic E-state index is -4.87. The van der Waals surface area contributed by atoms with Crippen molar-refractivity contribution >= 4 is 33.3 Å². The number of fused-ring (bicyclic) bond motifs is 3. The zero-order valence-electron chi connectivity index (χ0n) is 22.8. The number of anilines is 3. The molecule has 0 unspecified atom stereocenters. The van der Waals surface area contributed by atoms with E-state index in [0.717, 1.165) is 18.5 Å². The van der Waals surface area contributed by atoms with E-state index in [1.165, 1.54) is 0 Å². The van der Waals surface area contributed by atoms with Crippen molar-refractivity contribution in [2.24, 2.45) is 0 Å². The molecule has 2 atom stereocenters. The lowest BCUT2D eigenvalue weighted by atomic mass is 9.88. The van der Waals surface area contributed by atoms with Crippen LogP contribution in [0.1, 0.15) is 38.3 Å². The quantitative estimate of drug-likeness (QED) is 0.249. The molecule has 0 radical (unpaired) electrons. The molecular formula is C24H31F6N7O3Si. The molecule has 0 saturated carbocycles. The van der Waals surface area contributed by atoms with Crippen molar-refractivity contribution in [3.63, 3.8) is 0 Å². The van der Waals surface area contributed by atoms with Gasteiger partial charge in [-0.1, -0.05) is 0 Å². The molecule has 1 saturated heterocycles. The van der Waals surface area contributed by atoms with Gasteiger partial charge in [-0.3, -0.25) is 9.59 Å². The van der Waals surface area contributed by atoms with Crippen molar-refractivity contribution < 1.29 is 35.9 Å². The third kappa shape index (κ3) is 6.77. The third-order valence-electron chi connectivity index (χ3n) is 7.02. The second kappa shape index (κ2) is 10.8. The summed E-state index contributed by atoms with van der Waals surface area (Å²) in [6, 6.07) is 0.794. The molecule has 2 aliphatic rings. The molecule has 41 heavy (non-hydrogen) atoms. The number of alkyl halides is 6. The Morgan fingerprint density at radius 3 is 2.56 bits per heavy atom. The number of aromatic amines is 1. The summed E-state index contributed by atoms with van der Waals surface area (Å²) in [5.41, 5.74) is -4.41. The molecule has 4 heterocycles. The summed E-state index contributed by atoms with van der Waals surface area (Å²) < 4.78 is 85.2. The summed E-state index contributed by atoms with van der Waals surface area (Å²) in [6.07, 6.45) is -7.66. The second-order valence-corrected chi connectivity index (χ2v) is 13.5. The van der Waals surface area contributed by atoms with E-state index in [0.29, 0.717) is 35.7 Å². The number of rotatable bonds is 7. The summed E-state index contributed by atoms with van der Waals surface area (Å²) >= 11 is 0. The largest absolute Gasteiger partial charge is 0.423 e. The Hall–Kier alpha value is -3.34. The van der Waals surface area contributed by atoms with Crippen LogP contribution in [0.25, 0.3) is 0 Å². The van der Waals surface area contributed by atoms with Crippen LogP contribution in [0.2, 0.25) is 0 Å². The molecule has 2 aliphatic heterocycles. The van der Waals surface area contributed by atoms with E-state index in [1.54, 1.807) is 16.9 Å². The summed E-state index contributed by atoms with van der Waals surface area (Å²) in [7, 11) is 0.345. The van der Waals surface area contributed by atoms with Gasteiger partial charge in [0.1, 0.15) is 5.56 Å². The maximum absolute atomic E-state index is 13.3. The van der Waals surface area contributed by atoms with E-state index in [1.807, 2.05) is 18.7 Å². The molecule has 3 N–H and O–H groups in total. The van der Waals surface area contributed by atoms with Gasteiger partial charge >= 0.3 is 12.4 Å². The monoisotopic (exact) mass is 607 g/mol. The van der Waals surface area contributed by atoms with Crippen LogP contribution in [-0.4, -0.2) is 85.8 Å². The number of piperazine rings is 1. The standard InChI is InChI=1S/C24H31F6N7O3Si/c1-21(2)16-11-36(5-6-37(16)19-14(33-21)8-13(9-31-19)23(25,26)27)17(38)4-7-40-12-22(3,41)34-15-10-32-35-20(39)18(15)24(28,29)30/h8-10,16,33H,4-7,11-12H2,1-3,41H3,(H2,34,35,39)/t16-,22+/m1/s1. The van der Waals surface area contributed by atoms with E-state index in [-0.39, 0.29) is 37.3 Å². The number of hydrogen-bond acceptors (Lipinski definition) is 8. The Labute approximate surface area is 234 Å². The lowest BCUT2D eigenvalue weighted by molar-refractivity contribution is -0.138. The van der Waals surface area contributed by atoms with Gasteiger partial charge in [0.2, 0.25) is 5.91 Å². The van der Waals surface area contributed by atoms with Crippen molar-refractivity contribution in [2.75, 3.05) is 48.4 Å². The SMILES string of the molecule is CC1(C)Nc2cc(C(F)(F)F)cnc2N2CCN(C(=O)CCOC[C@](C)([SiH3])Nc3cn[nH]c(=O)c3C(F)(F)F)C[C@@H]21. The Bertz CT molecular complexity index is 1350. The maximum Gasteiger partial charge on any atom is 0.423 e. The van der Waals surface area contributed by atoms with Crippen LogP contribution < -0.4 is 21.1 Å². The molecule has 0 aromatic carbocycles. The molecule has 17 heteroatoms. The minimum absolute atomic E-state index is 0.00762. The van der Waals surface area contributed by atoms with Crippen LogP contribution in [0.15, 0.2) is 23.3 Å². The molecule has 0 bridgehead atoms. The number of hydrogen-bond donors (Lipinski definition) is 3. The first-order valence-electron chi connectivity index (χ1n) is 12.8. The molecule has 1 fully saturated rings. The molecule has 2 aromatic rings. The number of H-pyrrole nitrogens is 1. The maximum atomic E-state index is 13.3. The minimum Gasteiger partial charge on any atom is -0.379 e. The highest BCUT2D eigenvalue weighted by Gasteiger charge is 2.45. The molecule has 0 aliphatic carbocycles. The van der Waals surface area contributed by atoms with E-state index in [4.69, 9.17) is 4.74 Å². The Morgan fingerprint density at radius 1 is 1.20 bits per heavy atom. The van der Waals surface area contributed by atoms with Gasteiger partial charge in [-0.15, -0.1) is 0 Å².